The van der Waals surface area contributed by atoms with Gasteiger partial charge in [0.15, 0.2) is 0 Å². The molecule has 0 atom stereocenters. The van der Waals surface area contributed by atoms with Gasteiger partial charge in [-0.2, -0.15) is 0 Å². The summed E-state index contributed by atoms with van der Waals surface area (Å²) in [6, 6.07) is 0. The van der Waals surface area contributed by atoms with Crippen molar-refractivity contribution in [1.82, 2.24) is 15.0 Å². The van der Waals surface area contributed by atoms with Gasteiger partial charge in [0.05, 0.1) is 13.2 Å². The Hall–Kier alpha value is -4.28. The van der Waals surface area contributed by atoms with E-state index >= 15 is 0 Å². The SMILES string of the molecule is CCOC(=O)CCc1c(Cc2[nH]c(C(=O)O)c(C)c2CC)[nH]c(Cc2[nH]c(C(=O)O)c(C)c2CC)c1CCC(=O)OCC. The normalized spacial score (nSPS) is 11.1. The van der Waals surface area contributed by atoms with Crippen LogP contribution in [0.3, 0.4) is 0 Å². The van der Waals surface area contributed by atoms with Gasteiger partial charge in [-0.05, 0) is 86.8 Å². The average molecular weight is 598 g/mol. The highest BCUT2D eigenvalue weighted by Crippen LogP contribution is 2.31. The van der Waals surface area contributed by atoms with Gasteiger partial charge >= 0.3 is 23.9 Å². The number of nitrogens with one attached hydrogen (secondary N) is 3. The Kier molecular flexibility index (Phi) is 11.4. The highest BCUT2D eigenvalue weighted by Gasteiger charge is 2.25. The maximum atomic E-state index is 12.4. The Morgan fingerprint density at radius 2 is 0.930 bits per heavy atom. The molecule has 0 amide bonds. The first kappa shape index (κ1) is 33.2. The lowest BCUT2D eigenvalue weighted by molar-refractivity contribution is -0.144. The quantitative estimate of drug-likeness (QED) is 0.144. The van der Waals surface area contributed by atoms with Gasteiger partial charge in [0.1, 0.15) is 11.4 Å². The van der Waals surface area contributed by atoms with E-state index in [-0.39, 0.29) is 49.4 Å². The Labute approximate surface area is 251 Å². The number of hydrogen-bond acceptors (Lipinski definition) is 6. The molecule has 3 heterocycles. The molecule has 0 aliphatic heterocycles. The van der Waals surface area contributed by atoms with Crippen LogP contribution in [0.15, 0.2) is 0 Å². The molecule has 0 aliphatic carbocycles. The predicted molar refractivity (Wildman–Crippen MR) is 160 cm³/mol. The molecule has 0 spiro atoms. The van der Waals surface area contributed by atoms with E-state index in [1.54, 1.807) is 27.7 Å². The Bertz CT molecular complexity index is 1380. The first-order chi connectivity index (χ1) is 20.5. The first-order valence-corrected chi connectivity index (χ1v) is 14.9. The third-order valence-electron chi connectivity index (χ3n) is 7.94. The van der Waals surface area contributed by atoms with Crippen LogP contribution in [0.5, 0.6) is 0 Å². The lowest BCUT2D eigenvalue weighted by atomic mass is 9.95. The minimum absolute atomic E-state index is 0.125. The molecule has 11 nitrogen and oxygen atoms in total. The molecule has 5 N–H and O–H groups in total. The van der Waals surface area contributed by atoms with Crippen LogP contribution in [-0.2, 0) is 57.6 Å². The number of aromatic carboxylic acids is 2. The van der Waals surface area contributed by atoms with Crippen molar-refractivity contribution in [3.05, 3.63) is 67.5 Å². The van der Waals surface area contributed by atoms with Crippen molar-refractivity contribution < 1.29 is 38.9 Å². The molecule has 43 heavy (non-hydrogen) atoms. The molecule has 0 fully saturated rings. The third-order valence-corrected chi connectivity index (χ3v) is 7.94. The van der Waals surface area contributed by atoms with Gasteiger partial charge in [-0.25, -0.2) is 9.59 Å². The van der Waals surface area contributed by atoms with Gasteiger partial charge in [-0.3, -0.25) is 9.59 Å². The molecule has 0 radical (unpaired) electrons. The van der Waals surface area contributed by atoms with Crippen LogP contribution in [0.2, 0.25) is 0 Å². The van der Waals surface area contributed by atoms with E-state index in [0.29, 0.717) is 49.7 Å². The third kappa shape index (κ3) is 7.57. The number of esters is 2. The van der Waals surface area contributed by atoms with Crippen molar-refractivity contribution in [2.45, 2.75) is 92.9 Å². The zero-order chi connectivity index (χ0) is 31.8. The molecular weight excluding hydrogens is 554 g/mol. The minimum Gasteiger partial charge on any atom is -0.477 e. The van der Waals surface area contributed by atoms with Gasteiger partial charge in [0.25, 0.3) is 0 Å². The summed E-state index contributed by atoms with van der Waals surface area (Å²) in [4.78, 5) is 58.3. The number of carbonyl (C=O) groups is 4. The fraction of sp³-hybridized carbons (Fsp3) is 0.500. The summed E-state index contributed by atoms with van der Waals surface area (Å²) in [7, 11) is 0. The van der Waals surface area contributed by atoms with E-state index < -0.39 is 11.9 Å². The van der Waals surface area contributed by atoms with Gasteiger partial charge in [-0.1, -0.05) is 13.8 Å². The number of hydrogen-bond donors (Lipinski definition) is 5. The summed E-state index contributed by atoms with van der Waals surface area (Å²) >= 11 is 0. The lowest BCUT2D eigenvalue weighted by Crippen LogP contribution is -2.09. The summed E-state index contributed by atoms with van der Waals surface area (Å²) < 4.78 is 10.4. The van der Waals surface area contributed by atoms with Gasteiger partial charge < -0.3 is 34.6 Å². The fourth-order valence-electron chi connectivity index (χ4n) is 5.96. The second kappa shape index (κ2) is 14.8. The van der Waals surface area contributed by atoms with Crippen molar-refractivity contribution in [3.63, 3.8) is 0 Å². The first-order valence-electron chi connectivity index (χ1n) is 14.9. The molecule has 234 valence electrons. The number of aromatic amines is 3. The zero-order valence-electron chi connectivity index (χ0n) is 25.9. The number of carboxylic acid groups (broad SMARTS) is 2. The molecule has 0 saturated carbocycles. The monoisotopic (exact) mass is 597 g/mol. The van der Waals surface area contributed by atoms with E-state index in [4.69, 9.17) is 9.47 Å². The van der Waals surface area contributed by atoms with E-state index in [1.165, 1.54) is 0 Å². The number of rotatable bonds is 16. The van der Waals surface area contributed by atoms with Gasteiger partial charge in [0.2, 0.25) is 0 Å². The zero-order valence-corrected chi connectivity index (χ0v) is 25.9. The topological polar surface area (TPSA) is 175 Å². The largest absolute Gasteiger partial charge is 0.477 e. The second-order valence-corrected chi connectivity index (χ2v) is 10.5. The number of carbonyl (C=O) groups excluding carboxylic acids is 2. The molecule has 3 aromatic rings. The summed E-state index contributed by atoms with van der Waals surface area (Å²) in [5.41, 5.74) is 8.32. The van der Waals surface area contributed by atoms with Crippen LogP contribution < -0.4 is 0 Å². The summed E-state index contributed by atoms with van der Waals surface area (Å²) in [5.74, 6) is -2.76. The van der Waals surface area contributed by atoms with E-state index in [2.05, 4.69) is 15.0 Å². The molecule has 0 saturated heterocycles. The molecule has 11 heteroatoms. The van der Waals surface area contributed by atoms with Crippen LogP contribution >= 0.6 is 0 Å². The molecule has 0 aromatic carbocycles. The second-order valence-electron chi connectivity index (χ2n) is 10.5. The minimum atomic E-state index is -1.04. The Balaban J connectivity index is 2.18. The van der Waals surface area contributed by atoms with Crippen LogP contribution in [0, 0.1) is 13.8 Å². The highest BCUT2D eigenvalue weighted by molar-refractivity contribution is 5.88. The lowest BCUT2D eigenvalue weighted by Gasteiger charge is -2.10. The molecule has 0 bridgehead atoms. The van der Waals surface area contributed by atoms with Crippen LogP contribution in [0.1, 0.15) is 118 Å². The fourth-order valence-corrected chi connectivity index (χ4v) is 5.96. The highest BCUT2D eigenvalue weighted by atomic mass is 16.5. The maximum absolute atomic E-state index is 12.4. The predicted octanol–water partition coefficient (Wildman–Crippen LogP) is 4.98. The van der Waals surface area contributed by atoms with Crippen LogP contribution in [-0.4, -0.2) is 62.3 Å². The standard InChI is InChI=1S/C32H43N3O8/c1-7-19-17(5)29(31(38)39)34-23(19)15-25-21(11-13-27(36)42-9-3)22(12-14-28(37)43-10-4)26(33-25)16-24-20(8-2)18(6)30(35-24)32(40)41/h33-35H,7-16H2,1-6H3,(H,38,39)(H,40,41). The number of H-pyrrole nitrogens is 3. The van der Waals surface area contributed by atoms with Gasteiger partial charge in [-0.15, -0.1) is 0 Å². The van der Waals surface area contributed by atoms with Crippen molar-refractivity contribution >= 4 is 23.9 Å². The number of carboxylic acids is 2. The summed E-state index contributed by atoms with van der Waals surface area (Å²) in [6.45, 7) is 11.5. The van der Waals surface area contributed by atoms with E-state index in [1.807, 2.05) is 13.8 Å². The molecule has 0 aliphatic rings. The summed E-state index contributed by atoms with van der Waals surface area (Å²) in [5, 5.41) is 19.5. The van der Waals surface area contributed by atoms with Crippen molar-refractivity contribution in [3.8, 4) is 0 Å². The summed E-state index contributed by atoms with van der Waals surface area (Å²) in [6.07, 6.45) is 2.92. The van der Waals surface area contributed by atoms with Crippen LogP contribution in [0.25, 0.3) is 0 Å². The van der Waals surface area contributed by atoms with Gasteiger partial charge in [0, 0.05) is 48.5 Å². The van der Waals surface area contributed by atoms with Crippen molar-refractivity contribution in [1.29, 1.82) is 0 Å². The molecule has 0 unspecified atom stereocenters. The maximum Gasteiger partial charge on any atom is 0.352 e. The Morgan fingerprint density at radius 1 is 0.581 bits per heavy atom. The number of aromatic nitrogens is 3. The molecule has 3 aromatic heterocycles. The van der Waals surface area contributed by atoms with E-state index in [9.17, 15) is 29.4 Å². The smallest absolute Gasteiger partial charge is 0.352 e. The Morgan fingerprint density at radius 3 is 1.23 bits per heavy atom. The van der Waals surface area contributed by atoms with Crippen LogP contribution in [0.4, 0.5) is 0 Å². The van der Waals surface area contributed by atoms with Crippen molar-refractivity contribution in [2.24, 2.45) is 0 Å². The molecule has 3 rings (SSSR count). The molecular formula is C32H43N3O8. The van der Waals surface area contributed by atoms with E-state index in [0.717, 1.165) is 45.0 Å². The van der Waals surface area contributed by atoms with Crippen molar-refractivity contribution in [2.75, 3.05) is 13.2 Å². The number of ether oxygens (including phenoxy) is 2. The average Bonchev–Trinajstić information content (AvgIpc) is 3.56.